The monoisotopic (exact) mass is 279 g/mol. The van der Waals surface area contributed by atoms with Gasteiger partial charge in [-0.1, -0.05) is 19.8 Å². The molecule has 0 aliphatic heterocycles. The van der Waals surface area contributed by atoms with Crippen LogP contribution in [0, 0.1) is 5.92 Å². The van der Waals surface area contributed by atoms with Gasteiger partial charge >= 0.3 is 0 Å². The predicted octanol–water partition coefficient (Wildman–Crippen LogP) is 3.15. The van der Waals surface area contributed by atoms with Gasteiger partial charge in [-0.15, -0.1) is 0 Å². The van der Waals surface area contributed by atoms with Gasteiger partial charge in [-0.05, 0) is 45.7 Å². The smallest absolute Gasteiger partial charge is 0.0893 e. The minimum atomic E-state index is -0.0892. The van der Waals surface area contributed by atoms with E-state index in [4.69, 9.17) is 4.74 Å². The van der Waals surface area contributed by atoms with Crippen molar-refractivity contribution in [2.75, 3.05) is 13.7 Å². The molecule has 1 aliphatic carbocycles. The van der Waals surface area contributed by atoms with Gasteiger partial charge in [0.15, 0.2) is 0 Å². The molecule has 3 unspecified atom stereocenters. The lowest BCUT2D eigenvalue weighted by Crippen LogP contribution is -2.49. The first kappa shape index (κ1) is 15.5. The molecule has 3 atom stereocenters. The van der Waals surface area contributed by atoms with Crippen molar-refractivity contribution >= 4 is 0 Å². The van der Waals surface area contributed by atoms with Crippen LogP contribution in [0.25, 0.3) is 0 Å². The molecule has 4 nitrogen and oxygen atoms in total. The van der Waals surface area contributed by atoms with Crippen molar-refractivity contribution in [2.24, 2.45) is 5.92 Å². The van der Waals surface area contributed by atoms with Gasteiger partial charge in [0.05, 0.1) is 17.3 Å². The summed E-state index contributed by atoms with van der Waals surface area (Å²) in [7, 11) is 2.04. The van der Waals surface area contributed by atoms with Crippen LogP contribution in [0.5, 0.6) is 0 Å². The third-order valence-electron chi connectivity index (χ3n) is 4.58. The van der Waals surface area contributed by atoms with E-state index in [1.807, 2.05) is 13.2 Å². The van der Waals surface area contributed by atoms with E-state index in [0.29, 0.717) is 0 Å². The fraction of sp³-hybridized carbons (Fsp3) is 0.812. The van der Waals surface area contributed by atoms with Crippen molar-refractivity contribution in [3.63, 3.8) is 0 Å². The molecule has 1 heterocycles. The van der Waals surface area contributed by atoms with Crippen LogP contribution in [-0.2, 0) is 11.3 Å². The molecule has 4 heteroatoms. The average Bonchev–Trinajstić information content (AvgIpc) is 2.88. The summed E-state index contributed by atoms with van der Waals surface area (Å²) in [6.07, 6.45) is 6.72. The van der Waals surface area contributed by atoms with Crippen LogP contribution in [0.4, 0.5) is 0 Å². The fourth-order valence-electron chi connectivity index (χ4n) is 3.84. The van der Waals surface area contributed by atoms with Gasteiger partial charge in [0.1, 0.15) is 0 Å². The zero-order valence-corrected chi connectivity index (χ0v) is 13.4. The molecule has 0 saturated heterocycles. The second-order valence-corrected chi connectivity index (χ2v) is 5.99. The highest BCUT2D eigenvalue weighted by molar-refractivity contribution is 5.14. The molecule has 1 N–H and O–H groups in total. The quantitative estimate of drug-likeness (QED) is 0.869. The summed E-state index contributed by atoms with van der Waals surface area (Å²) >= 11 is 0. The zero-order valence-electron chi connectivity index (χ0n) is 13.4. The minimum Gasteiger partial charge on any atom is -0.373 e. The van der Waals surface area contributed by atoms with Crippen molar-refractivity contribution in [3.05, 3.63) is 18.0 Å². The molecule has 1 aliphatic rings. The molecule has 0 radical (unpaired) electrons. The molecule has 0 bridgehead atoms. The standard InChI is InChI=1S/C16H29N3O/c1-5-19-14(9-11-18-19)15(17-4)16(20-6-2)10-7-8-13(3)12-16/h9,11,13,15,17H,5-8,10,12H2,1-4H3. The maximum Gasteiger partial charge on any atom is 0.0893 e. The number of nitrogens with one attached hydrogen (secondary N) is 1. The Morgan fingerprint density at radius 3 is 2.95 bits per heavy atom. The highest BCUT2D eigenvalue weighted by Gasteiger charge is 2.44. The van der Waals surface area contributed by atoms with E-state index in [1.54, 1.807) is 0 Å². The lowest BCUT2D eigenvalue weighted by molar-refractivity contribution is -0.102. The summed E-state index contributed by atoms with van der Waals surface area (Å²) in [6.45, 7) is 8.26. The SMILES string of the molecule is CCOC1(C(NC)c2ccnn2CC)CCCC(C)C1. The van der Waals surface area contributed by atoms with Crippen LogP contribution in [0.3, 0.4) is 0 Å². The Morgan fingerprint density at radius 1 is 1.55 bits per heavy atom. The van der Waals surface area contributed by atoms with Crippen LogP contribution in [0.15, 0.2) is 12.3 Å². The van der Waals surface area contributed by atoms with Gasteiger partial charge in [-0.3, -0.25) is 4.68 Å². The lowest BCUT2D eigenvalue weighted by Gasteiger charge is -2.45. The first-order valence-electron chi connectivity index (χ1n) is 7.99. The summed E-state index contributed by atoms with van der Waals surface area (Å²) in [5.41, 5.74) is 1.16. The van der Waals surface area contributed by atoms with E-state index in [9.17, 15) is 0 Å². The molecule has 1 aromatic rings. The van der Waals surface area contributed by atoms with Gasteiger partial charge in [0, 0.05) is 19.3 Å². The topological polar surface area (TPSA) is 39.1 Å². The van der Waals surface area contributed by atoms with Crippen molar-refractivity contribution < 1.29 is 4.74 Å². The van der Waals surface area contributed by atoms with Gasteiger partial charge in [0.25, 0.3) is 0 Å². The summed E-state index contributed by atoms with van der Waals surface area (Å²) in [5.74, 6) is 0.726. The number of hydrogen-bond acceptors (Lipinski definition) is 3. The number of aryl methyl sites for hydroxylation is 1. The molecule has 0 aromatic carbocycles. The summed E-state index contributed by atoms with van der Waals surface area (Å²) < 4.78 is 8.40. The lowest BCUT2D eigenvalue weighted by atomic mass is 9.73. The van der Waals surface area contributed by atoms with Crippen LogP contribution < -0.4 is 5.32 Å². The van der Waals surface area contributed by atoms with Gasteiger partial charge < -0.3 is 10.1 Å². The van der Waals surface area contributed by atoms with Gasteiger partial charge in [-0.2, -0.15) is 5.10 Å². The Kier molecular flexibility index (Phi) is 5.22. The van der Waals surface area contributed by atoms with Crippen LogP contribution in [0.2, 0.25) is 0 Å². The van der Waals surface area contributed by atoms with Gasteiger partial charge in [-0.25, -0.2) is 0 Å². The van der Waals surface area contributed by atoms with E-state index >= 15 is 0 Å². The Balaban J connectivity index is 2.34. The highest BCUT2D eigenvalue weighted by Crippen LogP contribution is 2.43. The molecule has 1 fully saturated rings. The molecule has 20 heavy (non-hydrogen) atoms. The highest BCUT2D eigenvalue weighted by atomic mass is 16.5. The Bertz CT molecular complexity index is 414. The normalized spacial score (nSPS) is 28.5. The maximum atomic E-state index is 6.31. The largest absolute Gasteiger partial charge is 0.373 e. The van der Waals surface area contributed by atoms with Crippen LogP contribution in [0.1, 0.15) is 58.2 Å². The third kappa shape index (κ3) is 2.91. The number of nitrogens with zero attached hydrogens (tertiary/aromatic N) is 2. The molecule has 2 rings (SSSR count). The molecule has 0 spiro atoms. The van der Waals surface area contributed by atoms with Crippen LogP contribution >= 0.6 is 0 Å². The van der Waals surface area contributed by atoms with Crippen LogP contribution in [-0.4, -0.2) is 29.0 Å². The summed E-state index contributed by atoms with van der Waals surface area (Å²) in [6, 6.07) is 2.35. The van der Waals surface area contributed by atoms with E-state index in [1.165, 1.54) is 18.5 Å². The molecule has 1 saturated carbocycles. The van der Waals surface area contributed by atoms with Crippen molar-refractivity contribution in [1.29, 1.82) is 0 Å². The molecule has 1 aromatic heterocycles. The second kappa shape index (κ2) is 6.72. The molecular weight excluding hydrogens is 250 g/mol. The van der Waals surface area contributed by atoms with E-state index in [2.05, 4.69) is 41.9 Å². The zero-order chi connectivity index (χ0) is 14.6. The fourth-order valence-corrected chi connectivity index (χ4v) is 3.84. The van der Waals surface area contributed by atoms with Gasteiger partial charge in [0.2, 0.25) is 0 Å². The third-order valence-corrected chi connectivity index (χ3v) is 4.58. The Hall–Kier alpha value is -0.870. The summed E-state index contributed by atoms with van der Waals surface area (Å²) in [4.78, 5) is 0. The van der Waals surface area contributed by atoms with Crippen molar-refractivity contribution in [3.8, 4) is 0 Å². The number of ether oxygens (including phenoxy) is 1. The molecule has 0 amide bonds. The second-order valence-electron chi connectivity index (χ2n) is 5.99. The first-order valence-corrected chi connectivity index (χ1v) is 7.99. The van der Waals surface area contributed by atoms with E-state index in [-0.39, 0.29) is 11.6 Å². The Morgan fingerprint density at radius 2 is 2.35 bits per heavy atom. The molecule has 114 valence electrons. The van der Waals surface area contributed by atoms with E-state index < -0.39 is 0 Å². The predicted molar refractivity (Wildman–Crippen MR) is 81.7 cm³/mol. The van der Waals surface area contributed by atoms with Crippen molar-refractivity contribution in [1.82, 2.24) is 15.1 Å². The number of hydrogen-bond donors (Lipinski definition) is 1. The van der Waals surface area contributed by atoms with E-state index in [0.717, 1.165) is 31.9 Å². The van der Waals surface area contributed by atoms with Crippen molar-refractivity contribution in [2.45, 2.75) is 64.6 Å². The number of rotatable bonds is 6. The summed E-state index contributed by atoms with van der Waals surface area (Å²) in [5, 5.41) is 7.94. The molecular formula is C16H29N3O. The average molecular weight is 279 g/mol. The number of aromatic nitrogens is 2. The maximum absolute atomic E-state index is 6.31. The number of likely N-dealkylation sites (N-methyl/N-ethyl adjacent to an activating group) is 1. The Labute approximate surface area is 122 Å². The first-order chi connectivity index (χ1) is 9.66. The minimum absolute atomic E-state index is 0.0892.